The summed E-state index contributed by atoms with van der Waals surface area (Å²) in [6.45, 7) is 7.81. The van der Waals surface area contributed by atoms with Gasteiger partial charge in [-0.05, 0) is 14.0 Å². The van der Waals surface area contributed by atoms with Gasteiger partial charge in [0, 0.05) is 39.1 Å². The van der Waals surface area contributed by atoms with Crippen molar-refractivity contribution in [3.63, 3.8) is 0 Å². The zero-order chi connectivity index (χ0) is 14.6. The Hall–Kier alpha value is -0.690. The highest BCUT2D eigenvalue weighted by atomic mass is 16.7. The van der Waals surface area contributed by atoms with Crippen molar-refractivity contribution < 1.29 is 19.0 Å². The number of nitrogens with zero attached hydrogens (tertiary/aromatic N) is 2. The van der Waals surface area contributed by atoms with Crippen LogP contribution in [0.4, 0.5) is 0 Å². The zero-order valence-electron chi connectivity index (χ0n) is 12.8. The molecule has 0 radical (unpaired) electrons. The van der Waals surface area contributed by atoms with E-state index in [0.717, 1.165) is 39.1 Å². The molecule has 2 fully saturated rings. The van der Waals surface area contributed by atoms with Crippen LogP contribution in [0.1, 0.15) is 19.8 Å². The van der Waals surface area contributed by atoms with Crippen LogP contribution >= 0.6 is 0 Å². The maximum Gasteiger partial charge on any atom is 0.308 e. The molecule has 0 aromatic carbocycles. The summed E-state index contributed by atoms with van der Waals surface area (Å²) >= 11 is 0. The number of esters is 1. The maximum atomic E-state index is 11.2. The highest BCUT2D eigenvalue weighted by molar-refractivity contribution is 5.69. The number of carbonyl (C=O) groups is 1. The minimum absolute atomic E-state index is 0.181. The predicted octanol–water partition coefficient (Wildman–Crippen LogP) is 0.319. The number of methoxy groups -OCH3 is 1. The summed E-state index contributed by atoms with van der Waals surface area (Å²) < 4.78 is 16.3. The molecule has 0 aliphatic carbocycles. The number of carbonyl (C=O) groups excluding carboxylic acids is 1. The van der Waals surface area contributed by atoms with Crippen LogP contribution in [-0.4, -0.2) is 81.1 Å². The Morgan fingerprint density at radius 2 is 2.05 bits per heavy atom. The molecule has 2 aliphatic rings. The van der Waals surface area contributed by atoms with Gasteiger partial charge in [0.25, 0.3) is 0 Å². The van der Waals surface area contributed by atoms with Crippen molar-refractivity contribution in [2.45, 2.75) is 31.7 Å². The van der Waals surface area contributed by atoms with E-state index in [-0.39, 0.29) is 18.5 Å². The molecule has 2 unspecified atom stereocenters. The molecule has 0 N–H and O–H groups in total. The molecule has 0 amide bonds. The standard InChI is InChI=1S/C14H26N2O4/c1-14(4-5-16-8-6-15(2)7-9-16)19-11-12(20-14)10-13(17)18-3/h12H,4-11H2,1-3H3. The molecule has 20 heavy (non-hydrogen) atoms. The lowest BCUT2D eigenvalue weighted by atomic mass is 10.2. The maximum absolute atomic E-state index is 11.2. The van der Waals surface area contributed by atoms with Gasteiger partial charge in [-0.15, -0.1) is 0 Å². The average molecular weight is 286 g/mol. The fourth-order valence-electron chi connectivity index (χ4n) is 2.62. The summed E-state index contributed by atoms with van der Waals surface area (Å²) in [5, 5.41) is 0. The molecule has 6 nitrogen and oxygen atoms in total. The molecule has 2 saturated heterocycles. The monoisotopic (exact) mass is 286 g/mol. The van der Waals surface area contributed by atoms with Crippen LogP contribution in [0.15, 0.2) is 0 Å². The van der Waals surface area contributed by atoms with Gasteiger partial charge in [-0.1, -0.05) is 0 Å². The quantitative estimate of drug-likeness (QED) is 0.678. The van der Waals surface area contributed by atoms with E-state index in [4.69, 9.17) is 9.47 Å². The van der Waals surface area contributed by atoms with Gasteiger partial charge in [0.1, 0.15) is 0 Å². The van der Waals surface area contributed by atoms with Gasteiger partial charge in [-0.2, -0.15) is 0 Å². The Labute approximate surface area is 120 Å². The molecular weight excluding hydrogens is 260 g/mol. The molecule has 2 aliphatic heterocycles. The van der Waals surface area contributed by atoms with Crippen LogP contribution in [-0.2, 0) is 19.0 Å². The summed E-state index contributed by atoms with van der Waals surface area (Å²) in [5.41, 5.74) is 0. The molecule has 0 aromatic heterocycles. The fraction of sp³-hybridized carbons (Fsp3) is 0.929. The summed E-state index contributed by atoms with van der Waals surface area (Å²) in [7, 11) is 3.55. The average Bonchev–Trinajstić information content (AvgIpc) is 2.80. The summed E-state index contributed by atoms with van der Waals surface area (Å²) in [5.74, 6) is -0.816. The van der Waals surface area contributed by atoms with Crippen molar-refractivity contribution in [2.75, 3.05) is 53.5 Å². The van der Waals surface area contributed by atoms with Crippen LogP contribution in [0.5, 0.6) is 0 Å². The summed E-state index contributed by atoms with van der Waals surface area (Å²) in [6.07, 6.45) is 0.912. The first kappa shape index (κ1) is 15.7. The van der Waals surface area contributed by atoms with E-state index in [1.807, 2.05) is 6.92 Å². The van der Waals surface area contributed by atoms with E-state index < -0.39 is 5.79 Å². The van der Waals surface area contributed by atoms with Crippen LogP contribution in [0.2, 0.25) is 0 Å². The first-order chi connectivity index (χ1) is 9.50. The minimum atomic E-state index is -0.567. The minimum Gasteiger partial charge on any atom is -0.469 e. The Kier molecular flexibility index (Phi) is 5.37. The first-order valence-corrected chi connectivity index (χ1v) is 7.30. The molecule has 2 atom stereocenters. The van der Waals surface area contributed by atoms with Gasteiger partial charge in [0.2, 0.25) is 0 Å². The molecular formula is C14H26N2O4. The van der Waals surface area contributed by atoms with E-state index in [9.17, 15) is 4.79 Å². The number of likely N-dealkylation sites (N-methyl/N-ethyl adjacent to an activating group) is 1. The molecule has 0 spiro atoms. The lowest BCUT2D eigenvalue weighted by Crippen LogP contribution is -2.46. The van der Waals surface area contributed by atoms with Gasteiger partial charge in [-0.25, -0.2) is 0 Å². The molecule has 0 aromatic rings. The third kappa shape index (κ3) is 4.41. The molecule has 2 rings (SSSR count). The van der Waals surface area contributed by atoms with Crippen molar-refractivity contribution >= 4 is 5.97 Å². The van der Waals surface area contributed by atoms with Crippen LogP contribution < -0.4 is 0 Å². The zero-order valence-corrected chi connectivity index (χ0v) is 12.8. The third-order valence-electron chi connectivity index (χ3n) is 4.09. The van der Waals surface area contributed by atoms with Crippen molar-refractivity contribution in [1.82, 2.24) is 9.80 Å². The highest BCUT2D eigenvalue weighted by Gasteiger charge is 2.38. The molecule has 0 bridgehead atoms. The van der Waals surface area contributed by atoms with E-state index in [1.165, 1.54) is 7.11 Å². The molecule has 116 valence electrons. The van der Waals surface area contributed by atoms with Crippen LogP contribution in [0.25, 0.3) is 0 Å². The highest BCUT2D eigenvalue weighted by Crippen LogP contribution is 2.28. The van der Waals surface area contributed by atoms with Gasteiger partial charge >= 0.3 is 5.97 Å². The Morgan fingerprint density at radius 1 is 1.35 bits per heavy atom. The largest absolute Gasteiger partial charge is 0.469 e. The first-order valence-electron chi connectivity index (χ1n) is 7.30. The Bertz CT molecular complexity index is 331. The van der Waals surface area contributed by atoms with Crippen molar-refractivity contribution in [1.29, 1.82) is 0 Å². The van der Waals surface area contributed by atoms with Gasteiger partial charge in [-0.3, -0.25) is 4.79 Å². The molecule has 6 heteroatoms. The van der Waals surface area contributed by atoms with Crippen molar-refractivity contribution in [2.24, 2.45) is 0 Å². The van der Waals surface area contributed by atoms with E-state index >= 15 is 0 Å². The molecule has 2 heterocycles. The second-order valence-corrected chi connectivity index (χ2v) is 5.86. The number of hydrogen-bond acceptors (Lipinski definition) is 6. The summed E-state index contributed by atoms with van der Waals surface area (Å²) in [6, 6.07) is 0. The van der Waals surface area contributed by atoms with E-state index in [0.29, 0.717) is 6.61 Å². The van der Waals surface area contributed by atoms with Gasteiger partial charge < -0.3 is 24.0 Å². The second-order valence-electron chi connectivity index (χ2n) is 5.86. The Balaban J connectivity index is 1.71. The number of ether oxygens (including phenoxy) is 3. The van der Waals surface area contributed by atoms with Crippen molar-refractivity contribution in [3.05, 3.63) is 0 Å². The smallest absolute Gasteiger partial charge is 0.308 e. The topological polar surface area (TPSA) is 51.2 Å². The number of rotatable bonds is 5. The number of hydrogen-bond donors (Lipinski definition) is 0. The van der Waals surface area contributed by atoms with Crippen LogP contribution in [0, 0.1) is 0 Å². The summed E-state index contributed by atoms with van der Waals surface area (Å²) in [4.78, 5) is 16.0. The molecule has 0 saturated carbocycles. The lowest BCUT2D eigenvalue weighted by molar-refractivity contribution is -0.166. The van der Waals surface area contributed by atoms with Crippen molar-refractivity contribution in [3.8, 4) is 0 Å². The lowest BCUT2D eigenvalue weighted by Gasteiger charge is -2.34. The third-order valence-corrected chi connectivity index (χ3v) is 4.09. The SMILES string of the molecule is COC(=O)CC1COC(C)(CCN2CCN(C)CC2)O1. The normalized spacial score (nSPS) is 32.5. The van der Waals surface area contributed by atoms with E-state index in [2.05, 4.69) is 21.6 Å². The van der Waals surface area contributed by atoms with E-state index in [1.54, 1.807) is 0 Å². The Morgan fingerprint density at radius 3 is 2.70 bits per heavy atom. The van der Waals surface area contributed by atoms with Gasteiger partial charge in [0.05, 0.1) is 26.2 Å². The predicted molar refractivity (Wildman–Crippen MR) is 74.4 cm³/mol. The van der Waals surface area contributed by atoms with Gasteiger partial charge in [0.15, 0.2) is 5.79 Å². The fourth-order valence-corrected chi connectivity index (χ4v) is 2.62. The number of piperazine rings is 1. The second kappa shape index (κ2) is 6.85. The van der Waals surface area contributed by atoms with Crippen LogP contribution in [0.3, 0.4) is 0 Å².